The van der Waals surface area contributed by atoms with Gasteiger partial charge in [0.15, 0.2) is 4.90 Å². The molecule has 2 rings (SSSR count). The number of sulfonamides is 1. The quantitative estimate of drug-likeness (QED) is 0.888. The molecule has 1 aliphatic rings. The Labute approximate surface area is 121 Å². The van der Waals surface area contributed by atoms with E-state index in [1.54, 1.807) is 6.92 Å². The zero-order chi connectivity index (χ0) is 15.6. The van der Waals surface area contributed by atoms with E-state index in [9.17, 15) is 21.6 Å². The van der Waals surface area contributed by atoms with Crippen LogP contribution in [0.1, 0.15) is 19.8 Å². The Morgan fingerprint density at radius 2 is 1.71 bits per heavy atom. The highest BCUT2D eigenvalue weighted by molar-refractivity contribution is 7.89. The smallest absolute Gasteiger partial charge is 0.246 e. The zero-order valence-corrected chi connectivity index (χ0v) is 12.3. The lowest BCUT2D eigenvalue weighted by Crippen LogP contribution is -2.42. The molecule has 1 aromatic carbocycles. The summed E-state index contributed by atoms with van der Waals surface area (Å²) in [7, 11) is -4.37. The standard InChI is InChI=1S/C13H17F3N2O2S/c1-8(9-2-4-17-5-3-9)18-21(19,20)13-11(15)6-10(14)7-12(13)16/h6-9,17-18H,2-5H2,1H3. The van der Waals surface area contributed by atoms with Crippen LogP contribution < -0.4 is 10.0 Å². The fourth-order valence-electron chi connectivity index (χ4n) is 2.53. The molecule has 2 N–H and O–H groups in total. The van der Waals surface area contributed by atoms with Gasteiger partial charge in [-0.1, -0.05) is 0 Å². The Balaban J connectivity index is 2.22. The van der Waals surface area contributed by atoms with Crippen LogP contribution in [0.4, 0.5) is 13.2 Å². The molecule has 0 saturated carbocycles. The van der Waals surface area contributed by atoms with E-state index in [1.807, 2.05) is 0 Å². The monoisotopic (exact) mass is 322 g/mol. The fraction of sp³-hybridized carbons (Fsp3) is 0.538. The molecule has 1 aliphatic heterocycles. The van der Waals surface area contributed by atoms with E-state index in [0.29, 0.717) is 12.1 Å². The topological polar surface area (TPSA) is 58.2 Å². The van der Waals surface area contributed by atoms with E-state index >= 15 is 0 Å². The maximum absolute atomic E-state index is 13.6. The predicted octanol–water partition coefficient (Wildman–Crippen LogP) is 1.77. The molecule has 118 valence electrons. The van der Waals surface area contributed by atoms with E-state index in [0.717, 1.165) is 25.9 Å². The molecule has 8 heteroatoms. The molecule has 1 heterocycles. The van der Waals surface area contributed by atoms with Crippen molar-refractivity contribution < 1.29 is 21.6 Å². The average molecular weight is 322 g/mol. The molecule has 0 aliphatic carbocycles. The minimum absolute atomic E-state index is 0.0904. The molecule has 4 nitrogen and oxygen atoms in total. The lowest BCUT2D eigenvalue weighted by Gasteiger charge is -2.28. The van der Waals surface area contributed by atoms with Crippen LogP contribution in [-0.4, -0.2) is 27.5 Å². The van der Waals surface area contributed by atoms with E-state index in [4.69, 9.17) is 0 Å². The molecule has 1 atom stereocenters. The van der Waals surface area contributed by atoms with Gasteiger partial charge in [-0.25, -0.2) is 26.3 Å². The first-order valence-corrected chi connectivity index (χ1v) is 8.17. The predicted molar refractivity (Wildman–Crippen MR) is 71.7 cm³/mol. The number of halogens is 3. The summed E-state index contributed by atoms with van der Waals surface area (Å²) in [6, 6.07) is 0.251. The van der Waals surface area contributed by atoms with Crippen LogP contribution in [0.25, 0.3) is 0 Å². The molecule has 0 aromatic heterocycles. The van der Waals surface area contributed by atoms with Crippen LogP contribution in [-0.2, 0) is 10.0 Å². The second kappa shape index (κ2) is 6.33. The maximum atomic E-state index is 13.6. The third-order valence-electron chi connectivity index (χ3n) is 3.66. The van der Waals surface area contributed by atoms with Crippen molar-refractivity contribution in [3.05, 3.63) is 29.6 Å². The molecule has 1 unspecified atom stereocenters. The first-order chi connectivity index (χ1) is 9.81. The summed E-state index contributed by atoms with van der Waals surface area (Å²) in [5.41, 5.74) is 0. The van der Waals surface area contributed by atoms with Crippen LogP contribution in [0.15, 0.2) is 17.0 Å². The van der Waals surface area contributed by atoms with Crippen LogP contribution in [0, 0.1) is 23.4 Å². The second-order valence-electron chi connectivity index (χ2n) is 5.20. The van der Waals surface area contributed by atoms with Crippen LogP contribution >= 0.6 is 0 Å². The average Bonchev–Trinajstić information content (AvgIpc) is 2.37. The molecule has 0 bridgehead atoms. The molecule has 21 heavy (non-hydrogen) atoms. The third-order valence-corrected chi connectivity index (χ3v) is 5.27. The Bertz CT molecular complexity index is 593. The van der Waals surface area contributed by atoms with Gasteiger partial charge in [-0.2, -0.15) is 0 Å². The van der Waals surface area contributed by atoms with Gasteiger partial charge in [0.2, 0.25) is 10.0 Å². The van der Waals surface area contributed by atoms with Gasteiger partial charge in [0.05, 0.1) is 0 Å². The van der Waals surface area contributed by atoms with Gasteiger partial charge < -0.3 is 5.32 Å². The van der Waals surface area contributed by atoms with Crippen molar-refractivity contribution in [3.8, 4) is 0 Å². The zero-order valence-electron chi connectivity index (χ0n) is 11.5. The molecule has 0 amide bonds. The molecule has 0 radical (unpaired) electrons. The second-order valence-corrected chi connectivity index (χ2v) is 6.85. The normalized spacial score (nSPS) is 18.7. The Morgan fingerprint density at radius 3 is 2.24 bits per heavy atom. The first-order valence-electron chi connectivity index (χ1n) is 6.69. The Hall–Kier alpha value is -1.12. The molecular formula is C13H17F3N2O2S. The van der Waals surface area contributed by atoms with Gasteiger partial charge in [0.1, 0.15) is 17.5 Å². The third kappa shape index (κ3) is 3.75. The largest absolute Gasteiger partial charge is 0.317 e. The highest BCUT2D eigenvalue weighted by Crippen LogP contribution is 2.22. The summed E-state index contributed by atoms with van der Waals surface area (Å²) in [6.07, 6.45) is 1.55. The van der Waals surface area contributed by atoms with Gasteiger partial charge in [0, 0.05) is 18.2 Å². The van der Waals surface area contributed by atoms with Crippen LogP contribution in [0.3, 0.4) is 0 Å². The summed E-state index contributed by atoms with van der Waals surface area (Å²) in [4.78, 5) is -1.13. The lowest BCUT2D eigenvalue weighted by molar-refractivity contribution is 0.315. The number of benzene rings is 1. The van der Waals surface area contributed by atoms with Gasteiger partial charge in [-0.05, 0) is 38.8 Å². The van der Waals surface area contributed by atoms with E-state index in [-0.39, 0.29) is 5.92 Å². The summed E-state index contributed by atoms with van der Waals surface area (Å²) in [5.74, 6) is -3.93. The first kappa shape index (κ1) is 16.3. The summed E-state index contributed by atoms with van der Waals surface area (Å²) in [5, 5.41) is 3.15. The summed E-state index contributed by atoms with van der Waals surface area (Å²) >= 11 is 0. The van der Waals surface area contributed by atoms with Gasteiger partial charge in [-0.3, -0.25) is 0 Å². The van der Waals surface area contributed by atoms with Crippen molar-refractivity contribution in [2.75, 3.05) is 13.1 Å². The van der Waals surface area contributed by atoms with Crippen LogP contribution in [0.2, 0.25) is 0 Å². The van der Waals surface area contributed by atoms with Crippen molar-refractivity contribution in [3.63, 3.8) is 0 Å². The fourth-order valence-corrected chi connectivity index (χ4v) is 3.96. The number of rotatable bonds is 4. The molecule has 1 fully saturated rings. The number of hydrogen-bond donors (Lipinski definition) is 2. The van der Waals surface area contributed by atoms with Crippen molar-refractivity contribution in [2.45, 2.75) is 30.7 Å². The number of hydrogen-bond acceptors (Lipinski definition) is 3. The molecular weight excluding hydrogens is 305 g/mol. The highest BCUT2D eigenvalue weighted by Gasteiger charge is 2.29. The van der Waals surface area contributed by atoms with Crippen molar-refractivity contribution >= 4 is 10.0 Å². The van der Waals surface area contributed by atoms with E-state index in [1.165, 1.54) is 0 Å². The van der Waals surface area contributed by atoms with Gasteiger partial charge >= 0.3 is 0 Å². The van der Waals surface area contributed by atoms with Crippen molar-refractivity contribution in [1.82, 2.24) is 10.0 Å². The minimum Gasteiger partial charge on any atom is -0.317 e. The molecule has 0 spiro atoms. The van der Waals surface area contributed by atoms with Crippen molar-refractivity contribution in [1.29, 1.82) is 0 Å². The Kier molecular flexibility index (Phi) is 4.90. The number of nitrogens with one attached hydrogen (secondary N) is 2. The number of piperidine rings is 1. The van der Waals surface area contributed by atoms with Gasteiger partial charge in [-0.15, -0.1) is 0 Å². The molecule has 1 aromatic rings. The highest BCUT2D eigenvalue weighted by atomic mass is 32.2. The summed E-state index contributed by atoms with van der Waals surface area (Å²) < 4.78 is 66.5. The summed E-state index contributed by atoms with van der Waals surface area (Å²) in [6.45, 7) is 3.21. The van der Waals surface area contributed by atoms with Gasteiger partial charge in [0.25, 0.3) is 0 Å². The van der Waals surface area contributed by atoms with E-state index in [2.05, 4.69) is 10.0 Å². The Morgan fingerprint density at radius 1 is 1.19 bits per heavy atom. The van der Waals surface area contributed by atoms with Crippen LogP contribution in [0.5, 0.6) is 0 Å². The van der Waals surface area contributed by atoms with Crippen molar-refractivity contribution in [2.24, 2.45) is 5.92 Å². The van der Waals surface area contributed by atoms with E-state index < -0.39 is 38.4 Å². The maximum Gasteiger partial charge on any atom is 0.246 e. The lowest BCUT2D eigenvalue weighted by atomic mass is 9.92. The SMILES string of the molecule is CC(NS(=O)(=O)c1c(F)cc(F)cc1F)C1CCNCC1. The minimum atomic E-state index is -4.37. The molecule has 1 saturated heterocycles.